The first-order valence-corrected chi connectivity index (χ1v) is 18.4. The molecule has 2 aromatic heterocycles. The Balaban J connectivity index is 1.12. The number of hydrogen-bond donors (Lipinski definition) is 0. The molecule has 0 radical (unpaired) electrons. The van der Waals surface area contributed by atoms with E-state index in [1.807, 2.05) is 12.1 Å². The molecule has 53 heavy (non-hydrogen) atoms. The van der Waals surface area contributed by atoms with Crippen molar-refractivity contribution in [3.05, 3.63) is 169 Å². The summed E-state index contributed by atoms with van der Waals surface area (Å²) >= 11 is 0. The first-order valence-electron chi connectivity index (χ1n) is 18.4. The number of para-hydroxylation sites is 2. The van der Waals surface area contributed by atoms with Crippen molar-refractivity contribution in [2.75, 3.05) is 0 Å². The molecule has 0 fully saturated rings. The summed E-state index contributed by atoms with van der Waals surface area (Å²) in [6, 6.07) is 57.5. The van der Waals surface area contributed by atoms with E-state index in [0.29, 0.717) is 0 Å². The Hall–Kier alpha value is -6.64. The standard InChI is InChI=1S/C51H32O2/c1-51(2)41-24-20-30(27-39(41)37-23-19-29-21-26-45-49(48(29)50(37)51)38-16-8-10-18-43(38)53-45)46-33-12-3-5-14-35(33)47(36-15-6-4-13-34(36)46)31-22-25-44-40(28-31)32-11-7-9-17-42(32)52-44/h3-28H,1-2H3. The first-order chi connectivity index (χ1) is 26.0. The van der Waals surface area contributed by atoms with Crippen LogP contribution in [-0.4, -0.2) is 0 Å². The van der Waals surface area contributed by atoms with E-state index in [-0.39, 0.29) is 5.41 Å². The maximum absolute atomic E-state index is 6.40. The second-order valence-electron chi connectivity index (χ2n) is 15.2. The van der Waals surface area contributed by atoms with Crippen LogP contribution in [0.5, 0.6) is 0 Å². The number of hydrogen-bond acceptors (Lipinski definition) is 2. The monoisotopic (exact) mass is 676 g/mol. The first kappa shape index (κ1) is 29.0. The third kappa shape index (κ3) is 3.82. The molecule has 12 rings (SSSR count). The van der Waals surface area contributed by atoms with Gasteiger partial charge in [-0.25, -0.2) is 0 Å². The van der Waals surface area contributed by atoms with Gasteiger partial charge < -0.3 is 8.83 Å². The van der Waals surface area contributed by atoms with Crippen LogP contribution in [0.25, 0.3) is 110 Å². The molecule has 0 N–H and O–H groups in total. The summed E-state index contributed by atoms with van der Waals surface area (Å²) in [6.45, 7) is 4.77. The Kier molecular flexibility index (Phi) is 5.60. The summed E-state index contributed by atoms with van der Waals surface area (Å²) < 4.78 is 12.6. The fourth-order valence-electron chi connectivity index (χ4n) is 9.74. The van der Waals surface area contributed by atoms with Gasteiger partial charge in [0, 0.05) is 27.0 Å². The lowest BCUT2D eigenvalue weighted by Crippen LogP contribution is -2.15. The zero-order valence-corrected chi connectivity index (χ0v) is 29.3. The van der Waals surface area contributed by atoms with E-state index in [1.165, 1.54) is 87.6 Å². The molecule has 0 atom stereocenters. The molecule has 11 aromatic rings. The quantitative estimate of drug-likeness (QED) is 0.170. The predicted octanol–water partition coefficient (Wildman–Crippen LogP) is 14.6. The molecule has 1 aliphatic rings. The number of rotatable bonds is 2. The molecule has 0 spiro atoms. The SMILES string of the molecule is CC1(C)c2ccc(-c3c4ccccc4c(-c4ccc5oc6ccccc6c5c4)c4ccccc34)cc2-c2ccc3ccc4oc5ccccc5c4c3c21. The van der Waals surface area contributed by atoms with Crippen molar-refractivity contribution in [3.63, 3.8) is 0 Å². The van der Waals surface area contributed by atoms with Gasteiger partial charge in [-0.1, -0.05) is 135 Å². The van der Waals surface area contributed by atoms with Crippen LogP contribution in [0.15, 0.2) is 167 Å². The van der Waals surface area contributed by atoms with Gasteiger partial charge in [-0.05, 0) is 113 Å². The van der Waals surface area contributed by atoms with Crippen LogP contribution in [0.4, 0.5) is 0 Å². The highest BCUT2D eigenvalue weighted by Crippen LogP contribution is 2.55. The minimum atomic E-state index is -0.195. The van der Waals surface area contributed by atoms with Crippen LogP contribution in [-0.2, 0) is 5.41 Å². The third-order valence-corrected chi connectivity index (χ3v) is 12.0. The minimum Gasteiger partial charge on any atom is -0.456 e. The van der Waals surface area contributed by atoms with Crippen LogP contribution in [0, 0.1) is 0 Å². The lowest BCUT2D eigenvalue weighted by atomic mass is 9.79. The Labute approximate surface area is 305 Å². The van der Waals surface area contributed by atoms with E-state index >= 15 is 0 Å². The highest BCUT2D eigenvalue weighted by molar-refractivity contribution is 6.24. The van der Waals surface area contributed by atoms with Crippen LogP contribution >= 0.6 is 0 Å². The summed E-state index contributed by atoms with van der Waals surface area (Å²) in [5.41, 5.74) is 13.8. The average molecular weight is 677 g/mol. The Morgan fingerprint density at radius 2 is 0.887 bits per heavy atom. The van der Waals surface area contributed by atoms with Gasteiger partial charge in [-0.15, -0.1) is 0 Å². The second kappa shape index (κ2) is 10.2. The summed E-state index contributed by atoms with van der Waals surface area (Å²) in [4.78, 5) is 0. The molecule has 2 heteroatoms. The average Bonchev–Trinajstić information content (AvgIpc) is 3.84. The molecule has 1 aliphatic carbocycles. The molecule has 2 heterocycles. The van der Waals surface area contributed by atoms with Gasteiger partial charge in [0.1, 0.15) is 22.3 Å². The Bertz CT molecular complexity index is 3310. The zero-order chi connectivity index (χ0) is 35.0. The number of furan rings is 2. The van der Waals surface area contributed by atoms with Gasteiger partial charge in [0.15, 0.2) is 0 Å². The molecule has 2 nitrogen and oxygen atoms in total. The Morgan fingerprint density at radius 3 is 1.58 bits per heavy atom. The van der Waals surface area contributed by atoms with Crippen LogP contribution in [0.2, 0.25) is 0 Å². The van der Waals surface area contributed by atoms with Gasteiger partial charge in [0.05, 0.1) is 0 Å². The van der Waals surface area contributed by atoms with Gasteiger partial charge >= 0.3 is 0 Å². The predicted molar refractivity (Wildman–Crippen MR) is 222 cm³/mol. The van der Waals surface area contributed by atoms with Crippen molar-refractivity contribution >= 4 is 76.2 Å². The van der Waals surface area contributed by atoms with Crippen molar-refractivity contribution in [2.45, 2.75) is 19.3 Å². The molecule has 0 aliphatic heterocycles. The summed E-state index contributed by atoms with van der Waals surface area (Å²) in [6.07, 6.45) is 0. The molecule has 9 aromatic carbocycles. The Morgan fingerprint density at radius 1 is 0.377 bits per heavy atom. The van der Waals surface area contributed by atoms with E-state index in [4.69, 9.17) is 8.83 Å². The summed E-state index contributed by atoms with van der Waals surface area (Å²) in [5, 5.41) is 12.2. The number of fused-ring (bicyclic) bond motifs is 14. The molecule has 248 valence electrons. The van der Waals surface area contributed by atoms with Crippen molar-refractivity contribution in [3.8, 4) is 33.4 Å². The highest BCUT2D eigenvalue weighted by atomic mass is 16.3. The van der Waals surface area contributed by atoms with E-state index in [1.54, 1.807) is 0 Å². The maximum atomic E-state index is 6.40. The van der Waals surface area contributed by atoms with Gasteiger partial charge in [-0.2, -0.15) is 0 Å². The smallest absolute Gasteiger partial charge is 0.136 e. The largest absolute Gasteiger partial charge is 0.456 e. The van der Waals surface area contributed by atoms with Crippen molar-refractivity contribution in [1.82, 2.24) is 0 Å². The molecule has 0 unspecified atom stereocenters. The zero-order valence-electron chi connectivity index (χ0n) is 29.3. The van der Waals surface area contributed by atoms with E-state index in [0.717, 1.165) is 33.1 Å². The van der Waals surface area contributed by atoms with Crippen molar-refractivity contribution < 1.29 is 8.83 Å². The maximum Gasteiger partial charge on any atom is 0.136 e. The highest BCUT2D eigenvalue weighted by Gasteiger charge is 2.38. The van der Waals surface area contributed by atoms with E-state index in [9.17, 15) is 0 Å². The lowest BCUT2D eigenvalue weighted by Gasteiger charge is -2.24. The van der Waals surface area contributed by atoms with E-state index < -0.39 is 0 Å². The van der Waals surface area contributed by atoms with E-state index in [2.05, 4.69) is 159 Å². The number of benzene rings is 9. The van der Waals surface area contributed by atoms with Crippen LogP contribution < -0.4 is 0 Å². The molecule has 0 saturated heterocycles. The van der Waals surface area contributed by atoms with Crippen molar-refractivity contribution in [1.29, 1.82) is 0 Å². The fourth-order valence-corrected chi connectivity index (χ4v) is 9.74. The third-order valence-electron chi connectivity index (χ3n) is 12.0. The molecular weight excluding hydrogens is 645 g/mol. The van der Waals surface area contributed by atoms with Crippen LogP contribution in [0.1, 0.15) is 25.0 Å². The lowest BCUT2D eigenvalue weighted by molar-refractivity contribution is 0.665. The fraction of sp³-hybridized carbons (Fsp3) is 0.0588. The van der Waals surface area contributed by atoms with Gasteiger partial charge in [0.2, 0.25) is 0 Å². The van der Waals surface area contributed by atoms with Gasteiger partial charge in [-0.3, -0.25) is 0 Å². The topological polar surface area (TPSA) is 26.3 Å². The molecular formula is C51H32O2. The normalized spacial score (nSPS) is 13.6. The van der Waals surface area contributed by atoms with Crippen molar-refractivity contribution in [2.24, 2.45) is 0 Å². The summed E-state index contributed by atoms with van der Waals surface area (Å²) in [5.74, 6) is 0. The summed E-state index contributed by atoms with van der Waals surface area (Å²) in [7, 11) is 0. The molecule has 0 bridgehead atoms. The molecule has 0 amide bonds. The van der Waals surface area contributed by atoms with Gasteiger partial charge in [0.25, 0.3) is 0 Å². The van der Waals surface area contributed by atoms with Crippen LogP contribution in [0.3, 0.4) is 0 Å². The second-order valence-corrected chi connectivity index (χ2v) is 15.2. The molecule has 0 saturated carbocycles. The minimum absolute atomic E-state index is 0.195.